The summed E-state index contributed by atoms with van der Waals surface area (Å²) in [6.45, 7) is 0. The van der Waals surface area contributed by atoms with Gasteiger partial charge in [0, 0.05) is 18.4 Å². The van der Waals surface area contributed by atoms with Crippen molar-refractivity contribution in [1.82, 2.24) is 10.6 Å². The van der Waals surface area contributed by atoms with Crippen molar-refractivity contribution in [2.45, 2.75) is 62.9 Å². The predicted molar refractivity (Wildman–Crippen MR) is 68.9 cm³/mol. The van der Waals surface area contributed by atoms with Gasteiger partial charge in [-0.05, 0) is 19.3 Å². The molecule has 106 valence electrons. The summed E-state index contributed by atoms with van der Waals surface area (Å²) in [6.07, 6.45) is 5.90. The number of carbonyl (C=O) groups is 3. The zero-order valence-electron chi connectivity index (χ0n) is 11.0. The third-order valence-electron chi connectivity index (χ3n) is 3.94. The van der Waals surface area contributed by atoms with Gasteiger partial charge in [0.1, 0.15) is 6.04 Å². The van der Waals surface area contributed by atoms with E-state index in [0.29, 0.717) is 6.42 Å². The van der Waals surface area contributed by atoms with Crippen LogP contribution >= 0.6 is 0 Å². The lowest BCUT2D eigenvalue weighted by atomic mass is 9.80. The lowest BCUT2D eigenvalue weighted by Crippen LogP contribution is -2.54. The van der Waals surface area contributed by atoms with E-state index in [0.717, 1.165) is 25.7 Å². The number of amides is 3. The van der Waals surface area contributed by atoms with Crippen LogP contribution in [0.5, 0.6) is 0 Å². The van der Waals surface area contributed by atoms with Crippen LogP contribution in [0.3, 0.4) is 0 Å². The number of hydrogen-bond donors (Lipinski definition) is 3. The average molecular weight is 267 g/mol. The first-order chi connectivity index (χ1) is 8.98. The van der Waals surface area contributed by atoms with Crippen LogP contribution in [0, 0.1) is 0 Å². The van der Waals surface area contributed by atoms with E-state index in [1.54, 1.807) is 0 Å². The molecule has 6 heteroatoms. The summed E-state index contributed by atoms with van der Waals surface area (Å²) < 4.78 is 0. The van der Waals surface area contributed by atoms with Gasteiger partial charge in [-0.2, -0.15) is 0 Å². The molecule has 1 heterocycles. The minimum absolute atomic E-state index is 0.195. The number of imide groups is 1. The number of nitrogens with two attached hydrogens (primary N) is 1. The minimum atomic E-state index is -0.600. The van der Waals surface area contributed by atoms with Gasteiger partial charge in [0.05, 0.1) is 0 Å². The molecule has 4 N–H and O–H groups in total. The first-order valence-corrected chi connectivity index (χ1v) is 6.90. The van der Waals surface area contributed by atoms with Gasteiger partial charge in [-0.25, -0.2) is 0 Å². The van der Waals surface area contributed by atoms with Gasteiger partial charge in [0.15, 0.2) is 0 Å². The third-order valence-corrected chi connectivity index (χ3v) is 3.94. The molecule has 1 aliphatic carbocycles. The fraction of sp³-hybridized carbons (Fsp3) is 0.769. The molecule has 6 nitrogen and oxygen atoms in total. The van der Waals surface area contributed by atoms with E-state index in [2.05, 4.69) is 10.6 Å². The molecule has 0 aromatic carbocycles. The minimum Gasteiger partial charge on any atom is -0.344 e. The van der Waals surface area contributed by atoms with Crippen molar-refractivity contribution >= 4 is 17.7 Å². The highest BCUT2D eigenvalue weighted by molar-refractivity contribution is 6.01. The Hall–Kier alpha value is -1.43. The smallest absolute Gasteiger partial charge is 0.249 e. The van der Waals surface area contributed by atoms with E-state index in [4.69, 9.17) is 5.73 Å². The molecule has 2 aliphatic rings. The van der Waals surface area contributed by atoms with Gasteiger partial charge in [-0.1, -0.05) is 19.3 Å². The molecule has 0 spiro atoms. The Balaban J connectivity index is 1.83. The van der Waals surface area contributed by atoms with Crippen LogP contribution in [0.4, 0.5) is 0 Å². The molecule has 2 rings (SSSR count). The van der Waals surface area contributed by atoms with Crippen molar-refractivity contribution in [1.29, 1.82) is 0 Å². The second-order valence-corrected chi connectivity index (χ2v) is 5.67. The topological polar surface area (TPSA) is 101 Å². The molecule has 1 unspecified atom stereocenters. The molecule has 2 fully saturated rings. The molecule has 19 heavy (non-hydrogen) atoms. The summed E-state index contributed by atoms with van der Waals surface area (Å²) in [6, 6.07) is -0.600. The van der Waals surface area contributed by atoms with Gasteiger partial charge in [-0.3, -0.25) is 19.7 Å². The number of rotatable bonds is 3. The second-order valence-electron chi connectivity index (χ2n) is 5.67. The summed E-state index contributed by atoms with van der Waals surface area (Å²) >= 11 is 0. The maximum absolute atomic E-state index is 12.0. The van der Waals surface area contributed by atoms with Gasteiger partial charge < -0.3 is 11.1 Å². The second kappa shape index (κ2) is 5.69. The molecule has 1 atom stereocenters. The van der Waals surface area contributed by atoms with Gasteiger partial charge in [-0.15, -0.1) is 0 Å². The lowest BCUT2D eigenvalue weighted by molar-refractivity contribution is -0.137. The zero-order chi connectivity index (χ0) is 13.9. The van der Waals surface area contributed by atoms with Crippen molar-refractivity contribution in [2.24, 2.45) is 5.73 Å². The van der Waals surface area contributed by atoms with E-state index >= 15 is 0 Å². The standard InChI is InChI=1S/C13H21N3O3/c14-13(6-2-1-3-7-13)8-11(18)15-9-4-5-10(17)16-12(9)19/h9H,1-8,14H2,(H,15,18)(H,16,17,19). The Morgan fingerprint density at radius 3 is 2.63 bits per heavy atom. The Labute approximate surface area is 112 Å². The van der Waals surface area contributed by atoms with Crippen molar-refractivity contribution in [3.63, 3.8) is 0 Å². The highest BCUT2D eigenvalue weighted by Crippen LogP contribution is 2.28. The fourth-order valence-corrected chi connectivity index (χ4v) is 2.83. The molecular weight excluding hydrogens is 246 g/mol. The van der Waals surface area contributed by atoms with E-state index in [9.17, 15) is 14.4 Å². The van der Waals surface area contributed by atoms with Crippen LogP contribution in [0.15, 0.2) is 0 Å². The molecular formula is C13H21N3O3. The van der Waals surface area contributed by atoms with E-state index in [1.165, 1.54) is 6.42 Å². The molecule has 3 amide bonds. The largest absolute Gasteiger partial charge is 0.344 e. The molecule has 0 aromatic rings. The molecule has 0 bridgehead atoms. The quantitative estimate of drug-likeness (QED) is 0.624. The fourth-order valence-electron chi connectivity index (χ4n) is 2.83. The average Bonchev–Trinajstić information content (AvgIpc) is 2.33. The van der Waals surface area contributed by atoms with Crippen LogP contribution in [0.25, 0.3) is 0 Å². The Morgan fingerprint density at radius 2 is 2.00 bits per heavy atom. The highest BCUT2D eigenvalue weighted by atomic mass is 16.2. The molecule has 1 saturated carbocycles. The molecule has 1 saturated heterocycles. The van der Waals surface area contributed by atoms with E-state index in [1.807, 2.05) is 0 Å². The number of nitrogens with one attached hydrogen (secondary N) is 2. The normalized spacial score (nSPS) is 26.7. The zero-order valence-corrected chi connectivity index (χ0v) is 11.0. The monoisotopic (exact) mass is 267 g/mol. The molecule has 0 aromatic heterocycles. The summed E-state index contributed by atoms with van der Waals surface area (Å²) in [7, 11) is 0. The number of hydrogen-bond acceptors (Lipinski definition) is 4. The van der Waals surface area contributed by atoms with Crippen molar-refractivity contribution in [3.8, 4) is 0 Å². The van der Waals surface area contributed by atoms with Gasteiger partial charge >= 0.3 is 0 Å². The summed E-state index contributed by atoms with van der Waals surface area (Å²) in [4.78, 5) is 34.5. The van der Waals surface area contributed by atoms with Crippen LogP contribution in [-0.4, -0.2) is 29.3 Å². The van der Waals surface area contributed by atoms with Crippen LogP contribution < -0.4 is 16.4 Å². The Morgan fingerprint density at radius 1 is 1.32 bits per heavy atom. The Bertz CT molecular complexity index is 389. The first-order valence-electron chi connectivity index (χ1n) is 6.90. The maximum Gasteiger partial charge on any atom is 0.249 e. The van der Waals surface area contributed by atoms with Crippen LogP contribution in [0.1, 0.15) is 51.4 Å². The Kier molecular flexibility index (Phi) is 4.19. The van der Waals surface area contributed by atoms with Gasteiger partial charge in [0.25, 0.3) is 0 Å². The van der Waals surface area contributed by atoms with Gasteiger partial charge in [0.2, 0.25) is 17.7 Å². The SMILES string of the molecule is NC1(CC(=O)NC2CCC(=O)NC2=O)CCCCC1. The highest BCUT2D eigenvalue weighted by Gasteiger charge is 2.33. The number of carbonyl (C=O) groups excluding carboxylic acids is 3. The molecule has 0 radical (unpaired) electrons. The molecule has 1 aliphatic heterocycles. The van der Waals surface area contributed by atoms with E-state index in [-0.39, 0.29) is 24.7 Å². The van der Waals surface area contributed by atoms with E-state index < -0.39 is 17.5 Å². The van der Waals surface area contributed by atoms with Crippen molar-refractivity contribution in [3.05, 3.63) is 0 Å². The van der Waals surface area contributed by atoms with Crippen LogP contribution in [0.2, 0.25) is 0 Å². The van der Waals surface area contributed by atoms with Crippen LogP contribution in [-0.2, 0) is 14.4 Å². The third kappa shape index (κ3) is 3.76. The van der Waals surface area contributed by atoms with Crippen molar-refractivity contribution in [2.75, 3.05) is 0 Å². The number of piperidine rings is 1. The summed E-state index contributed by atoms with van der Waals surface area (Å²) in [5.41, 5.74) is 5.78. The predicted octanol–water partition coefficient (Wildman–Crippen LogP) is -0.0405. The van der Waals surface area contributed by atoms with Crippen molar-refractivity contribution < 1.29 is 14.4 Å². The first kappa shape index (κ1) is 14.0. The summed E-state index contributed by atoms with van der Waals surface area (Å²) in [5.74, 6) is -0.892. The lowest BCUT2D eigenvalue weighted by Gasteiger charge is -2.33. The maximum atomic E-state index is 12.0. The summed E-state index contributed by atoms with van der Waals surface area (Å²) in [5, 5.41) is 4.90.